The minimum Gasteiger partial charge on any atom is -0.462 e. The van der Waals surface area contributed by atoms with Crippen LogP contribution in [0, 0.1) is 6.07 Å². The molecule has 1 aromatic rings. The lowest BCUT2D eigenvalue weighted by atomic mass is 10.2. The summed E-state index contributed by atoms with van der Waals surface area (Å²) in [6.45, 7) is 2.15. The zero-order valence-corrected chi connectivity index (χ0v) is 8.76. The van der Waals surface area contributed by atoms with Crippen LogP contribution in [-0.2, 0) is 4.74 Å². The van der Waals surface area contributed by atoms with Gasteiger partial charge in [-0.3, -0.25) is 0 Å². The van der Waals surface area contributed by atoms with E-state index in [1.807, 2.05) is 0 Å². The first-order chi connectivity index (χ1) is 6.79. The largest absolute Gasteiger partial charge is 0.462 e. The number of ether oxygens (including phenoxy) is 1. The molecule has 1 rings (SSSR count). The highest BCUT2D eigenvalue weighted by atomic mass is 32.2. The van der Waals surface area contributed by atoms with E-state index in [0.29, 0.717) is 18.0 Å². The lowest BCUT2D eigenvalue weighted by Crippen LogP contribution is -2.06. The first-order valence-electron chi connectivity index (χ1n) is 4.30. The van der Waals surface area contributed by atoms with Gasteiger partial charge in [0, 0.05) is 10.8 Å². The molecule has 2 N–H and O–H groups in total. The molecule has 0 heterocycles. The molecule has 0 amide bonds. The molecule has 1 aromatic carbocycles. The molecule has 0 aliphatic rings. The van der Waals surface area contributed by atoms with Crippen molar-refractivity contribution in [1.82, 2.24) is 0 Å². The maximum atomic E-state index is 11.4. The van der Waals surface area contributed by atoms with Crippen molar-refractivity contribution < 1.29 is 9.53 Å². The van der Waals surface area contributed by atoms with Gasteiger partial charge in [-0.05, 0) is 19.1 Å². The molecule has 0 saturated heterocycles. The van der Waals surface area contributed by atoms with Crippen molar-refractivity contribution in [2.24, 2.45) is 5.73 Å². The minimum atomic E-state index is -0.319. The summed E-state index contributed by atoms with van der Waals surface area (Å²) in [5, 5.41) is 0. The second-order valence-electron chi connectivity index (χ2n) is 2.44. The quantitative estimate of drug-likeness (QED) is 0.466. The molecule has 0 spiro atoms. The maximum Gasteiger partial charge on any atom is 0.339 e. The Balaban J connectivity index is 2.88. The third kappa shape index (κ3) is 2.75. The fourth-order valence-electron chi connectivity index (χ4n) is 0.994. The third-order valence-electron chi connectivity index (χ3n) is 1.54. The number of hydrogen-bond donors (Lipinski definition) is 1. The Morgan fingerprint density at radius 3 is 3.14 bits per heavy atom. The molecule has 0 unspecified atom stereocenters. The molecule has 0 atom stereocenters. The molecule has 0 aromatic heterocycles. The Kier molecular flexibility index (Phi) is 4.49. The van der Waals surface area contributed by atoms with E-state index >= 15 is 0 Å². The Morgan fingerprint density at radius 1 is 1.71 bits per heavy atom. The highest BCUT2D eigenvalue weighted by Crippen LogP contribution is 2.21. The van der Waals surface area contributed by atoms with Crippen LogP contribution in [0.1, 0.15) is 17.3 Å². The molecule has 3 nitrogen and oxygen atoms in total. The molecule has 14 heavy (non-hydrogen) atoms. The molecule has 1 radical (unpaired) electrons. The molecular weight excluding hydrogens is 198 g/mol. The van der Waals surface area contributed by atoms with Gasteiger partial charge in [0.25, 0.3) is 0 Å². The minimum absolute atomic E-state index is 0.319. The number of thioether (sulfide) groups is 1. The number of carbonyl (C=O) groups is 1. The normalized spacial score (nSPS) is 9.86. The van der Waals surface area contributed by atoms with E-state index in [9.17, 15) is 4.79 Å². The van der Waals surface area contributed by atoms with Crippen LogP contribution in [0.5, 0.6) is 0 Å². The standard InChI is InChI=1S/C10H12NO2S/c1-2-13-10(12)8-5-3-4-6-9(8)14-7-11/h3-5H,2,7,11H2,1H3. The van der Waals surface area contributed by atoms with E-state index in [1.165, 1.54) is 11.8 Å². The molecule has 4 heteroatoms. The predicted octanol–water partition coefficient (Wildman–Crippen LogP) is 1.67. The first kappa shape index (κ1) is 11.1. The number of carbonyl (C=O) groups excluding carboxylic acids is 1. The second kappa shape index (κ2) is 5.67. The van der Waals surface area contributed by atoms with E-state index in [1.54, 1.807) is 25.1 Å². The molecular formula is C10H12NO2S. The van der Waals surface area contributed by atoms with Crippen molar-refractivity contribution in [3.8, 4) is 0 Å². The zero-order chi connectivity index (χ0) is 10.4. The van der Waals surface area contributed by atoms with E-state index in [-0.39, 0.29) is 5.97 Å². The van der Waals surface area contributed by atoms with Gasteiger partial charge in [-0.15, -0.1) is 11.8 Å². The van der Waals surface area contributed by atoms with E-state index in [2.05, 4.69) is 6.07 Å². The Bertz CT molecular complexity index is 315. The second-order valence-corrected chi connectivity index (χ2v) is 3.47. The van der Waals surface area contributed by atoms with Gasteiger partial charge in [-0.2, -0.15) is 0 Å². The van der Waals surface area contributed by atoms with Crippen molar-refractivity contribution in [3.05, 3.63) is 29.8 Å². The Morgan fingerprint density at radius 2 is 2.50 bits per heavy atom. The summed E-state index contributed by atoms with van der Waals surface area (Å²) < 4.78 is 4.90. The summed E-state index contributed by atoms with van der Waals surface area (Å²) in [5.41, 5.74) is 5.93. The van der Waals surface area contributed by atoms with Crippen LogP contribution in [-0.4, -0.2) is 18.5 Å². The van der Waals surface area contributed by atoms with Crippen molar-refractivity contribution >= 4 is 17.7 Å². The highest BCUT2D eigenvalue weighted by Gasteiger charge is 2.11. The van der Waals surface area contributed by atoms with Crippen molar-refractivity contribution in [2.45, 2.75) is 11.8 Å². The summed E-state index contributed by atoms with van der Waals surface area (Å²) >= 11 is 1.38. The Labute approximate surface area is 87.6 Å². The van der Waals surface area contributed by atoms with Gasteiger partial charge in [-0.25, -0.2) is 4.79 Å². The van der Waals surface area contributed by atoms with E-state index < -0.39 is 0 Å². The van der Waals surface area contributed by atoms with Crippen LogP contribution in [0.3, 0.4) is 0 Å². The van der Waals surface area contributed by atoms with Crippen molar-refractivity contribution in [3.63, 3.8) is 0 Å². The molecule has 75 valence electrons. The topological polar surface area (TPSA) is 52.3 Å². The smallest absolute Gasteiger partial charge is 0.339 e. The molecule has 0 aliphatic carbocycles. The monoisotopic (exact) mass is 210 g/mol. The van der Waals surface area contributed by atoms with Gasteiger partial charge in [0.05, 0.1) is 12.2 Å². The highest BCUT2D eigenvalue weighted by molar-refractivity contribution is 7.99. The average molecular weight is 210 g/mol. The van der Waals surface area contributed by atoms with Gasteiger partial charge in [0.15, 0.2) is 0 Å². The number of esters is 1. The van der Waals surface area contributed by atoms with E-state index in [0.717, 1.165) is 4.90 Å². The van der Waals surface area contributed by atoms with Gasteiger partial charge < -0.3 is 10.5 Å². The van der Waals surface area contributed by atoms with Crippen LogP contribution in [0.4, 0.5) is 0 Å². The zero-order valence-electron chi connectivity index (χ0n) is 7.95. The van der Waals surface area contributed by atoms with Crippen LogP contribution in [0.2, 0.25) is 0 Å². The van der Waals surface area contributed by atoms with Crippen molar-refractivity contribution in [2.75, 3.05) is 12.5 Å². The first-order valence-corrected chi connectivity index (χ1v) is 5.28. The summed E-state index contributed by atoms with van der Waals surface area (Å²) in [6.07, 6.45) is 0. The maximum absolute atomic E-state index is 11.4. The summed E-state index contributed by atoms with van der Waals surface area (Å²) in [5.74, 6) is 0.104. The van der Waals surface area contributed by atoms with Crippen LogP contribution >= 0.6 is 11.8 Å². The van der Waals surface area contributed by atoms with Gasteiger partial charge >= 0.3 is 5.97 Å². The number of hydrogen-bond acceptors (Lipinski definition) is 4. The SMILES string of the molecule is CCOC(=O)c1ccc[c]c1SCN. The number of nitrogens with two attached hydrogens (primary N) is 1. The molecule has 0 bridgehead atoms. The molecule has 0 aliphatic heterocycles. The van der Waals surface area contributed by atoms with Gasteiger partial charge in [-0.1, -0.05) is 12.1 Å². The van der Waals surface area contributed by atoms with Gasteiger partial charge in [0.2, 0.25) is 0 Å². The van der Waals surface area contributed by atoms with Crippen LogP contribution in [0.15, 0.2) is 23.1 Å². The van der Waals surface area contributed by atoms with Gasteiger partial charge in [0.1, 0.15) is 0 Å². The molecule has 0 fully saturated rings. The Hall–Kier alpha value is -1.00. The average Bonchev–Trinajstić information content (AvgIpc) is 2.19. The van der Waals surface area contributed by atoms with Crippen LogP contribution in [0.25, 0.3) is 0 Å². The number of benzene rings is 1. The third-order valence-corrected chi connectivity index (χ3v) is 2.33. The lowest BCUT2D eigenvalue weighted by Gasteiger charge is -2.06. The summed E-state index contributed by atoms with van der Waals surface area (Å²) in [7, 11) is 0. The summed E-state index contributed by atoms with van der Waals surface area (Å²) in [6, 6.07) is 8.18. The fraction of sp³-hybridized carbons (Fsp3) is 0.300. The van der Waals surface area contributed by atoms with Crippen LogP contribution < -0.4 is 5.73 Å². The number of rotatable bonds is 4. The lowest BCUT2D eigenvalue weighted by molar-refractivity contribution is 0.0522. The fourth-order valence-corrected chi connectivity index (χ4v) is 1.62. The van der Waals surface area contributed by atoms with Crippen molar-refractivity contribution in [1.29, 1.82) is 0 Å². The molecule has 0 saturated carbocycles. The summed E-state index contributed by atoms with van der Waals surface area (Å²) in [4.78, 5) is 12.2. The predicted molar refractivity (Wildman–Crippen MR) is 56.1 cm³/mol. The van der Waals surface area contributed by atoms with E-state index in [4.69, 9.17) is 10.5 Å².